The summed E-state index contributed by atoms with van der Waals surface area (Å²) in [7, 11) is 1.62. The minimum absolute atomic E-state index is 0.181. The van der Waals surface area contributed by atoms with Crippen molar-refractivity contribution in [3.8, 4) is 5.75 Å². The zero-order valence-electron chi connectivity index (χ0n) is 9.23. The van der Waals surface area contributed by atoms with Crippen molar-refractivity contribution in [2.24, 2.45) is 0 Å². The molecule has 0 saturated carbocycles. The van der Waals surface area contributed by atoms with E-state index in [2.05, 4.69) is 17.2 Å². The smallest absolute Gasteiger partial charge is 0.168 e. The van der Waals surface area contributed by atoms with Crippen LogP contribution in [0.15, 0.2) is 18.3 Å². The second-order valence-corrected chi connectivity index (χ2v) is 3.32. The maximum atomic E-state index is 8.88. The number of nitrogens with zero attached hydrogens (tertiary/aromatic N) is 1. The van der Waals surface area contributed by atoms with Crippen molar-refractivity contribution in [2.45, 2.75) is 25.8 Å². The second kappa shape index (κ2) is 6.24. The van der Waals surface area contributed by atoms with E-state index in [4.69, 9.17) is 9.84 Å². The first-order valence-corrected chi connectivity index (χ1v) is 5.18. The highest BCUT2D eigenvalue weighted by Crippen LogP contribution is 2.21. The van der Waals surface area contributed by atoms with Crippen LogP contribution in [0.1, 0.15) is 19.8 Å². The number of aliphatic hydroxyl groups excluding tert-OH is 1. The number of pyridine rings is 1. The SMILES string of the molecule is CCC(CCO)Nc1ncccc1OC. The Morgan fingerprint density at radius 3 is 3.00 bits per heavy atom. The van der Waals surface area contributed by atoms with Gasteiger partial charge in [-0.2, -0.15) is 0 Å². The summed E-state index contributed by atoms with van der Waals surface area (Å²) in [6, 6.07) is 3.93. The minimum atomic E-state index is 0.181. The van der Waals surface area contributed by atoms with E-state index in [-0.39, 0.29) is 12.6 Å². The van der Waals surface area contributed by atoms with E-state index in [9.17, 15) is 0 Å². The van der Waals surface area contributed by atoms with Crippen LogP contribution in [-0.2, 0) is 0 Å². The van der Waals surface area contributed by atoms with Crippen molar-refractivity contribution < 1.29 is 9.84 Å². The van der Waals surface area contributed by atoms with Gasteiger partial charge in [0.2, 0.25) is 0 Å². The molecular formula is C11H18N2O2. The average Bonchev–Trinajstić information content (AvgIpc) is 2.29. The summed E-state index contributed by atoms with van der Waals surface area (Å²) < 4.78 is 5.18. The van der Waals surface area contributed by atoms with Gasteiger partial charge in [0, 0.05) is 18.8 Å². The number of ether oxygens (including phenoxy) is 1. The lowest BCUT2D eigenvalue weighted by atomic mass is 10.1. The number of hydrogen-bond donors (Lipinski definition) is 2. The molecule has 1 heterocycles. The highest BCUT2D eigenvalue weighted by Gasteiger charge is 2.09. The van der Waals surface area contributed by atoms with Crippen molar-refractivity contribution in [1.29, 1.82) is 0 Å². The molecule has 84 valence electrons. The molecule has 0 aliphatic rings. The van der Waals surface area contributed by atoms with E-state index < -0.39 is 0 Å². The maximum absolute atomic E-state index is 8.88. The maximum Gasteiger partial charge on any atom is 0.168 e. The molecule has 0 amide bonds. The monoisotopic (exact) mass is 210 g/mol. The summed E-state index contributed by atoms with van der Waals surface area (Å²) in [6.07, 6.45) is 3.38. The third kappa shape index (κ3) is 3.40. The van der Waals surface area contributed by atoms with E-state index in [0.29, 0.717) is 0 Å². The van der Waals surface area contributed by atoms with Crippen LogP contribution in [0, 0.1) is 0 Å². The fourth-order valence-electron chi connectivity index (χ4n) is 1.39. The number of rotatable bonds is 6. The summed E-state index contributed by atoms with van der Waals surface area (Å²) in [6.45, 7) is 2.25. The summed E-state index contributed by atoms with van der Waals surface area (Å²) in [5.74, 6) is 1.47. The van der Waals surface area contributed by atoms with Crippen molar-refractivity contribution in [2.75, 3.05) is 19.0 Å². The Morgan fingerprint density at radius 2 is 2.40 bits per heavy atom. The Balaban J connectivity index is 2.69. The predicted octanol–water partition coefficient (Wildman–Crippen LogP) is 1.66. The van der Waals surface area contributed by atoms with Gasteiger partial charge in [-0.1, -0.05) is 6.92 Å². The summed E-state index contributed by atoms with van der Waals surface area (Å²) in [5, 5.41) is 12.1. The quantitative estimate of drug-likeness (QED) is 0.749. The van der Waals surface area contributed by atoms with E-state index >= 15 is 0 Å². The first kappa shape index (κ1) is 11.8. The molecule has 0 radical (unpaired) electrons. The molecule has 1 atom stereocenters. The van der Waals surface area contributed by atoms with E-state index in [1.165, 1.54) is 0 Å². The van der Waals surface area contributed by atoms with Gasteiger partial charge in [0.15, 0.2) is 11.6 Å². The molecule has 0 bridgehead atoms. The van der Waals surface area contributed by atoms with Gasteiger partial charge in [-0.05, 0) is 25.0 Å². The number of hydrogen-bond acceptors (Lipinski definition) is 4. The molecule has 0 aromatic carbocycles. The van der Waals surface area contributed by atoms with Crippen LogP contribution < -0.4 is 10.1 Å². The van der Waals surface area contributed by atoms with E-state index in [1.54, 1.807) is 13.3 Å². The van der Waals surface area contributed by atoms with E-state index in [1.807, 2.05) is 12.1 Å². The molecule has 0 spiro atoms. The molecule has 2 N–H and O–H groups in total. The third-order valence-electron chi connectivity index (χ3n) is 2.30. The summed E-state index contributed by atoms with van der Waals surface area (Å²) in [5.41, 5.74) is 0. The molecule has 0 fully saturated rings. The van der Waals surface area contributed by atoms with Gasteiger partial charge < -0.3 is 15.2 Å². The molecule has 15 heavy (non-hydrogen) atoms. The zero-order chi connectivity index (χ0) is 11.1. The van der Waals surface area contributed by atoms with Crippen LogP contribution in [-0.4, -0.2) is 29.8 Å². The van der Waals surface area contributed by atoms with Crippen molar-refractivity contribution in [1.82, 2.24) is 4.98 Å². The summed E-state index contributed by atoms with van der Waals surface area (Å²) >= 11 is 0. The lowest BCUT2D eigenvalue weighted by Gasteiger charge is -2.17. The normalized spacial score (nSPS) is 12.2. The van der Waals surface area contributed by atoms with Crippen LogP contribution in [0.25, 0.3) is 0 Å². The largest absolute Gasteiger partial charge is 0.493 e. The number of anilines is 1. The highest BCUT2D eigenvalue weighted by atomic mass is 16.5. The molecule has 1 unspecified atom stereocenters. The Kier molecular flexibility index (Phi) is 4.90. The first-order chi connectivity index (χ1) is 7.31. The lowest BCUT2D eigenvalue weighted by molar-refractivity contribution is 0.278. The molecule has 1 aromatic heterocycles. The summed E-state index contributed by atoms with van der Waals surface area (Å²) in [4.78, 5) is 4.20. The lowest BCUT2D eigenvalue weighted by Crippen LogP contribution is -2.20. The standard InChI is InChI=1S/C11H18N2O2/c1-3-9(6-8-14)13-11-10(15-2)5-4-7-12-11/h4-5,7,9,14H,3,6,8H2,1-2H3,(H,12,13). The van der Waals surface area contributed by atoms with Crippen LogP contribution in [0.2, 0.25) is 0 Å². The Labute approximate surface area is 90.3 Å². The predicted molar refractivity (Wildman–Crippen MR) is 60.2 cm³/mol. The van der Waals surface area contributed by atoms with Gasteiger partial charge >= 0.3 is 0 Å². The molecule has 0 saturated heterocycles. The zero-order valence-corrected chi connectivity index (χ0v) is 9.23. The number of nitrogens with one attached hydrogen (secondary N) is 1. The molecule has 1 aromatic rings. The van der Waals surface area contributed by atoms with Crippen molar-refractivity contribution >= 4 is 5.82 Å². The van der Waals surface area contributed by atoms with Gasteiger partial charge in [-0.15, -0.1) is 0 Å². The topological polar surface area (TPSA) is 54.4 Å². The van der Waals surface area contributed by atoms with E-state index in [0.717, 1.165) is 24.4 Å². The van der Waals surface area contributed by atoms with Crippen LogP contribution >= 0.6 is 0 Å². The molecular weight excluding hydrogens is 192 g/mol. The van der Waals surface area contributed by atoms with Crippen LogP contribution in [0.5, 0.6) is 5.75 Å². The fourth-order valence-corrected chi connectivity index (χ4v) is 1.39. The third-order valence-corrected chi connectivity index (χ3v) is 2.30. The van der Waals surface area contributed by atoms with Crippen molar-refractivity contribution in [3.05, 3.63) is 18.3 Å². The second-order valence-electron chi connectivity index (χ2n) is 3.32. The number of aromatic nitrogens is 1. The van der Waals surface area contributed by atoms with Crippen molar-refractivity contribution in [3.63, 3.8) is 0 Å². The fraction of sp³-hybridized carbons (Fsp3) is 0.545. The van der Waals surface area contributed by atoms with Crippen LogP contribution in [0.3, 0.4) is 0 Å². The highest BCUT2D eigenvalue weighted by molar-refractivity contribution is 5.49. The number of methoxy groups -OCH3 is 1. The van der Waals surface area contributed by atoms with Gasteiger partial charge in [0.1, 0.15) is 0 Å². The van der Waals surface area contributed by atoms with Gasteiger partial charge in [-0.25, -0.2) is 4.98 Å². The first-order valence-electron chi connectivity index (χ1n) is 5.18. The Morgan fingerprint density at radius 1 is 1.60 bits per heavy atom. The molecule has 4 heteroatoms. The van der Waals surface area contributed by atoms with Crippen LogP contribution in [0.4, 0.5) is 5.82 Å². The number of aliphatic hydroxyl groups is 1. The van der Waals surface area contributed by atoms with Gasteiger partial charge in [0.25, 0.3) is 0 Å². The Bertz CT molecular complexity index is 292. The Hall–Kier alpha value is -1.29. The average molecular weight is 210 g/mol. The molecule has 0 aliphatic heterocycles. The minimum Gasteiger partial charge on any atom is -0.493 e. The van der Waals surface area contributed by atoms with Gasteiger partial charge in [0.05, 0.1) is 7.11 Å². The van der Waals surface area contributed by atoms with Gasteiger partial charge in [-0.3, -0.25) is 0 Å². The molecule has 1 rings (SSSR count). The molecule has 0 aliphatic carbocycles. The molecule has 4 nitrogen and oxygen atoms in total.